The first-order valence-electron chi connectivity index (χ1n) is 14.2. The Hall–Kier alpha value is -2.86. The van der Waals surface area contributed by atoms with E-state index in [1.807, 2.05) is 12.1 Å². The number of carbonyl (C=O) groups excluding carboxylic acids is 1. The number of likely N-dealkylation sites (tertiary alicyclic amines) is 1. The Morgan fingerprint density at radius 2 is 1.61 bits per heavy atom. The molecular formula is C32H43NO5. The fourth-order valence-electron chi connectivity index (χ4n) is 6.34. The van der Waals surface area contributed by atoms with Gasteiger partial charge in [-0.3, -0.25) is 14.5 Å². The number of hydrogen-bond acceptors (Lipinski definition) is 5. The third kappa shape index (κ3) is 7.59. The minimum absolute atomic E-state index is 0.109. The maximum Gasteiger partial charge on any atom is 0.303 e. The predicted octanol–water partition coefficient (Wildman–Crippen LogP) is 6.40. The van der Waals surface area contributed by atoms with Crippen LogP contribution in [0.1, 0.15) is 79.3 Å². The third-order valence-corrected chi connectivity index (χ3v) is 8.53. The van der Waals surface area contributed by atoms with Gasteiger partial charge in [0.2, 0.25) is 0 Å². The zero-order valence-corrected chi connectivity index (χ0v) is 23.0. The summed E-state index contributed by atoms with van der Waals surface area (Å²) in [6, 6.07) is 14.5. The van der Waals surface area contributed by atoms with Gasteiger partial charge in [-0.1, -0.05) is 56.0 Å². The summed E-state index contributed by atoms with van der Waals surface area (Å²) in [7, 11) is 3.26. The number of benzene rings is 2. The minimum Gasteiger partial charge on any atom is -0.493 e. The summed E-state index contributed by atoms with van der Waals surface area (Å²) >= 11 is 0. The van der Waals surface area contributed by atoms with E-state index in [0.29, 0.717) is 23.8 Å². The van der Waals surface area contributed by atoms with Crippen molar-refractivity contribution in [2.24, 2.45) is 17.8 Å². The van der Waals surface area contributed by atoms with Gasteiger partial charge < -0.3 is 14.6 Å². The van der Waals surface area contributed by atoms with E-state index in [0.717, 1.165) is 55.9 Å². The summed E-state index contributed by atoms with van der Waals surface area (Å²) in [5.74, 6) is 2.45. The molecule has 2 aliphatic carbocycles. The first kappa shape index (κ1) is 28.2. The van der Waals surface area contributed by atoms with E-state index >= 15 is 0 Å². The van der Waals surface area contributed by atoms with Gasteiger partial charge in [0.05, 0.1) is 14.2 Å². The fourth-order valence-corrected chi connectivity index (χ4v) is 6.34. The van der Waals surface area contributed by atoms with Gasteiger partial charge in [0.25, 0.3) is 0 Å². The Morgan fingerprint density at radius 3 is 2.24 bits per heavy atom. The monoisotopic (exact) mass is 521 g/mol. The van der Waals surface area contributed by atoms with E-state index in [2.05, 4.69) is 35.2 Å². The average Bonchev–Trinajstić information content (AvgIpc) is 3.56. The van der Waals surface area contributed by atoms with Crippen LogP contribution < -0.4 is 9.47 Å². The number of ketones is 1. The van der Waals surface area contributed by atoms with Gasteiger partial charge in [0, 0.05) is 24.4 Å². The number of piperidine rings is 1. The molecule has 206 valence electrons. The number of rotatable bonds is 9. The van der Waals surface area contributed by atoms with Crippen LogP contribution in [0.15, 0.2) is 42.5 Å². The highest BCUT2D eigenvalue weighted by Gasteiger charge is 2.34. The molecule has 1 saturated heterocycles. The molecule has 0 radical (unpaired) electrons. The minimum atomic E-state index is -0.646. The lowest BCUT2D eigenvalue weighted by Crippen LogP contribution is -2.34. The first-order chi connectivity index (χ1) is 18.5. The second-order valence-corrected chi connectivity index (χ2v) is 11.2. The lowest BCUT2D eigenvalue weighted by Gasteiger charge is -2.32. The van der Waals surface area contributed by atoms with E-state index in [-0.39, 0.29) is 11.7 Å². The van der Waals surface area contributed by atoms with Crippen molar-refractivity contribution in [3.63, 3.8) is 0 Å². The van der Waals surface area contributed by atoms with Crippen LogP contribution in [0.4, 0.5) is 0 Å². The van der Waals surface area contributed by atoms with Crippen molar-refractivity contribution in [3.8, 4) is 11.5 Å². The highest BCUT2D eigenvalue weighted by Crippen LogP contribution is 2.39. The van der Waals surface area contributed by atoms with Crippen molar-refractivity contribution < 1.29 is 24.2 Å². The number of fused-ring (bicyclic) bond motifs is 1. The lowest BCUT2D eigenvalue weighted by atomic mass is 9.85. The summed E-state index contributed by atoms with van der Waals surface area (Å²) in [5.41, 5.74) is 3.31. The SMILES string of the molecule is COc1cc2c(cc1OC)C(=O)C(CC1CCN(Cc3ccccc3)CC1)C2.O=C(O)CCC1CCCC1. The summed E-state index contributed by atoms with van der Waals surface area (Å²) in [5, 5.41) is 8.37. The maximum absolute atomic E-state index is 12.9. The van der Waals surface area contributed by atoms with Gasteiger partial charge in [-0.05, 0) is 80.3 Å². The smallest absolute Gasteiger partial charge is 0.303 e. The van der Waals surface area contributed by atoms with Crippen LogP contribution in [0.5, 0.6) is 11.5 Å². The van der Waals surface area contributed by atoms with Crippen molar-refractivity contribution in [2.75, 3.05) is 27.3 Å². The van der Waals surface area contributed by atoms with Gasteiger partial charge in [0.15, 0.2) is 17.3 Å². The molecule has 5 rings (SSSR count). The molecule has 1 atom stereocenters. The van der Waals surface area contributed by atoms with Crippen molar-refractivity contribution in [3.05, 3.63) is 59.2 Å². The highest BCUT2D eigenvalue weighted by molar-refractivity contribution is 6.02. The molecular weight excluding hydrogens is 478 g/mol. The fraction of sp³-hybridized carbons (Fsp3) is 0.562. The molecule has 1 saturated carbocycles. The summed E-state index contributed by atoms with van der Waals surface area (Å²) in [6.45, 7) is 3.27. The van der Waals surface area contributed by atoms with Crippen LogP contribution in [0, 0.1) is 17.8 Å². The molecule has 6 heteroatoms. The number of carboxylic acid groups (broad SMARTS) is 1. The number of carbonyl (C=O) groups is 2. The number of aliphatic carboxylic acids is 1. The average molecular weight is 522 g/mol. The van der Waals surface area contributed by atoms with Gasteiger partial charge >= 0.3 is 5.97 Å². The predicted molar refractivity (Wildman–Crippen MR) is 149 cm³/mol. The zero-order chi connectivity index (χ0) is 26.9. The summed E-state index contributed by atoms with van der Waals surface area (Å²) < 4.78 is 10.8. The van der Waals surface area contributed by atoms with Crippen molar-refractivity contribution in [2.45, 2.75) is 70.8 Å². The Morgan fingerprint density at radius 1 is 0.947 bits per heavy atom. The number of Topliss-reactive ketones (excluding diaryl/α,β-unsaturated/α-hetero) is 1. The van der Waals surface area contributed by atoms with E-state index in [1.54, 1.807) is 14.2 Å². The second kappa shape index (κ2) is 13.8. The van der Waals surface area contributed by atoms with Gasteiger partial charge in [-0.25, -0.2) is 0 Å². The maximum atomic E-state index is 12.9. The molecule has 1 N–H and O–H groups in total. The molecule has 0 amide bonds. The number of methoxy groups -OCH3 is 2. The number of carboxylic acids is 1. The molecule has 38 heavy (non-hydrogen) atoms. The van der Waals surface area contributed by atoms with Crippen molar-refractivity contribution in [1.82, 2.24) is 4.90 Å². The quantitative estimate of drug-likeness (QED) is 0.411. The third-order valence-electron chi connectivity index (χ3n) is 8.53. The molecule has 0 aromatic heterocycles. The van der Waals surface area contributed by atoms with Crippen LogP contribution in [0.3, 0.4) is 0 Å². The van der Waals surface area contributed by atoms with Gasteiger partial charge in [-0.2, -0.15) is 0 Å². The number of nitrogens with zero attached hydrogens (tertiary/aromatic N) is 1. The van der Waals surface area contributed by atoms with Crippen LogP contribution >= 0.6 is 0 Å². The highest BCUT2D eigenvalue weighted by atomic mass is 16.5. The standard InChI is InChI=1S/C24H29NO3.C8H14O2/c1-27-22-14-19-13-20(24(26)21(19)15-23(22)28-2)12-17-8-10-25(11-9-17)16-18-6-4-3-5-7-18;9-8(10)6-5-7-3-1-2-4-7/h3-7,14-15,17,20H,8-13,16H2,1-2H3;7H,1-6H2,(H,9,10). The number of ether oxygens (including phenoxy) is 2. The molecule has 2 aromatic rings. The Labute approximate surface area is 227 Å². The Balaban J connectivity index is 0.000000283. The van der Waals surface area contributed by atoms with Crippen LogP contribution in [0.2, 0.25) is 0 Å². The van der Waals surface area contributed by atoms with Gasteiger partial charge in [0.1, 0.15) is 0 Å². The molecule has 6 nitrogen and oxygen atoms in total. The normalized spacial score (nSPS) is 20.1. The van der Waals surface area contributed by atoms with Crippen LogP contribution in [-0.2, 0) is 17.8 Å². The molecule has 2 aromatic carbocycles. The first-order valence-corrected chi connectivity index (χ1v) is 14.2. The van der Waals surface area contributed by atoms with Crippen molar-refractivity contribution >= 4 is 11.8 Å². The lowest BCUT2D eigenvalue weighted by molar-refractivity contribution is -0.137. The van der Waals surface area contributed by atoms with E-state index in [4.69, 9.17) is 14.6 Å². The zero-order valence-electron chi connectivity index (χ0n) is 23.0. The van der Waals surface area contributed by atoms with E-state index in [1.165, 1.54) is 44.1 Å². The van der Waals surface area contributed by atoms with E-state index in [9.17, 15) is 9.59 Å². The molecule has 1 heterocycles. The van der Waals surface area contributed by atoms with E-state index < -0.39 is 5.97 Å². The van der Waals surface area contributed by atoms with Crippen LogP contribution in [0.25, 0.3) is 0 Å². The molecule has 1 aliphatic heterocycles. The van der Waals surface area contributed by atoms with Crippen molar-refractivity contribution in [1.29, 1.82) is 0 Å². The van der Waals surface area contributed by atoms with Crippen LogP contribution in [-0.4, -0.2) is 49.1 Å². The Kier molecular flexibility index (Phi) is 10.2. The summed E-state index contributed by atoms with van der Waals surface area (Å²) in [6.07, 6.45) is 10.6. The molecule has 3 aliphatic rings. The molecule has 2 fully saturated rings. The van der Waals surface area contributed by atoms with Gasteiger partial charge in [-0.15, -0.1) is 0 Å². The second-order valence-electron chi connectivity index (χ2n) is 11.2. The summed E-state index contributed by atoms with van der Waals surface area (Å²) in [4.78, 5) is 25.6. The molecule has 1 unspecified atom stereocenters. The Bertz CT molecular complexity index is 1060. The molecule has 0 spiro atoms. The topological polar surface area (TPSA) is 76.1 Å². The largest absolute Gasteiger partial charge is 0.493 e. The number of hydrogen-bond donors (Lipinski definition) is 1. The molecule has 0 bridgehead atoms.